The van der Waals surface area contributed by atoms with Crippen LogP contribution in [-0.4, -0.2) is 40.4 Å². The molecule has 1 amide bonds. The maximum atomic E-state index is 11.0. The Hall–Kier alpha value is -1.62. The van der Waals surface area contributed by atoms with Crippen LogP contribution in [0, 0.1) is 0 Å². The van der Waals surface area contributed by atoms with E-state index in [1.165, 1.54) is 5.69 Å². The van der Waals surface area contributed by atoms with Crippen LogP contribution in [0.15, 0.2) is 40.1 Å². The van der Waals surface area contributed by atoms with E-state index in [4.69, 9.17) is 5.73 Å². The highest BCUT2D eigenvalue weighted by Gasteiger charge is 2.10. The average molecular weight is 521 g/mol. The van der Waals surface area contributed by atoms with Crippen molar-refractivity contribution < 1.29 is 4.79 Å². The van der Waals surface area contributed by atoms with Crippen LogP contribution in [0.4, 0.5) is 0 Å². The molecule has 0 aliphatic rings. The molecule has 0 fully saturated rings. The second-order valence-corrected chi connectivity index (χ2v) is 6.35. The number of guanidine groups is 1. The zero-order chi connectivity index (χ0) is 17.7. The molecule has 7 nitrogen and oxygen atoms in total. The monoisotopic (exact) mass is 520 g/mol. The molecule has 3 N–H and O–H groups in total. The Morgan fingerprint density at radius 2 is 2.20 bits per heavy atom. The van der Waals surface area contributed by atoms with Gasteiger partial charge in [0.1, 0.15) is 5.69 Å². The maximum Gasteiger partial charge on any atom is 0.267 e. The molecule has 0 saturated carbocycles. The first-order valence-corrected chi connectivity index (χ1v) is 8.17. The van der Waals surface area contributed by atoms with Crippen molar-refractivity contribution in [2.24, 2.45) is 17.8 Å². The largest absolute Gasteiger partial charge is 0.364 e. The first-order chi connectivity index (χ1) is 11.4. The van der Waals surface area contributed by atoms with Gasteiger partial charge in [0.15, 0.2) is 5.96 Å². The Bertz CT molecular complexity index is 744. The zero-order valence-electron chi connectivity index (χ0n) is 14.4. The molecule has 2 heterocycles. The summed E-state index contributed by atoms with van der Waals surface area (Å²) in [5, 5.41) is 3.28. The highest BCUT2D eigenvalue weighted by molar-refractivity contribution is 14.0. The van der Waals surface area contributed by atoms with Crippen molar-refractivity contribution >= 4 is 51.8 Å². The summed E-state index contributed by atoms with van der Waals surface area (Å²) in [6.07, 6.45) is 3.65. The minimum atomic E-state index is -0.529. The molecule has 2 rings (SSSR count). The molecule has 136 valence electrons. The highest BCUT2D eigenvalue weighted by Crippen LogP contribution is 2.15. The molecule has 2 aromatic heterocycles. The Labute approximate surface area is 172 Å². The van der Waals surface area contributed by atoms with Gasteiger partial charge in [0.25, 0.3) is 5.91 Å². The molecule has 0 aliphatic carbocycles. The van der Waals surface area contributed by atoms with E-state index in [2.05, 4.69) is 41.9 Å². The van der Waals surface area contributed by atoms with E-state index < -0.39 is 5.91 Å². The van der Waals surface area contributed by atoms with Crippen molar-refractivity contribution in [3.05, 3.63) is 52.0 Å². The van der Waals surface area contributed by atoms with Crippen molar-refractivity contribution in [1.29, 1.82) is 0 Å². The Morgan fingerprint density at radius 3 is 2.68 bits per heavy atom. The van der Waals surface area contributed by atoms with Gasteiger partial charge >= 0.3 is 0 Å². The molecule has 0 spiro atoms. The number of primary amides is 1. The SMILES string of the molecule is CN=C(NCc1ccc(C(N)=O)nc1)N(C)Cc1cc(Br)cn1C.I. The van der Waals surface area contributed by atoms with Crippen LogP contribution < -0.4 is 11.1 Å². The van der Waals surface area contributed by atoms with Crippen LogP contribution in [0.1, 0.15) is 21.7 Å². The molecule has 0 radical (unpaired) electrons. The average Bonchev–Trinajstić information content (AvgIpc) is 2.85. The quantitative estimate of drug-likeness (QED) is 0.359. The number of hydrogen-bond acceptors (Lipinski definition) is 3. The second-order valence-electron chi connectivity index (χ2n) is 5.43. The smallest absolute Gasteiger partial charge is 0.267 e. The molecule has 0 atom stereocenters. The van der Waals surface area contributed by atoms with E-state index in [1.54, 1.807) is 19.3 Å². The molecule has 0 bridgehead atoms. The van der Waals surface area contributed by atoms with E-state index in [1.807, 2.05) is 31.3 Å². The molecule has 25 heavy (non-hydrogen) atoms. The van der Waals surface area contributed by atoms with Crippen LogP contribution in [0.25, 0.3) is 0 Å². The van der Waals surface area contributed by atoms with Crippen molar-refractivity contribution in [3.63, 3.8) is 0 Å². The summed E-state index contributed by atoms with van der Waals surface area (Å²) in [7, 11) is 5.73. The minimum absolute atomic E-state index is 0. The van der Waals surface area contributed by atoms with E-state index in [9.17, 15) is 4.79 Å². The fourth-order valence-electron chi connectivity index (χ4n) is 2.28. The number of nitrogens with zero attached hydrogens (tertiary/aromatic N) is 4. The summed E-state index contributed by atoms with van der Waals surface area (Å²) in [5.74, 6) is 0.241. The predicted molar refractivity (Wildman–Crippen MR) is 113 cm³/mol. The number of halogens is 2. The summed E-state index contributed by atoms with van der Waals surface area (Å²) in [6, 6.07) is 5.52. The molecule has 2 aromatic rings. The first kappa shape index (κ1) is 21.4. The lowest BCUT2D eigenvalue weighted by Gasteiger charge is -2.22. The second kappa shape index (κ2) is 9.76. The third-order valence-corrected chi connectivity index (χ3v) is 4.01. The minimum Gasteiger partial charge on any atom is -0.364 e. The van der Waals surface area contributed by atoms with Gasteiger partial charge in [-0.1, -0.05) is 6.07 Å². The van der Waals surface area contributed by atoms with E-state index in [0.717, 1.165) is 22.5 Å². The Kier molecular flexibility index (Phi) is 8.36. The van der Waals surface area contributed by atoms with E-state index >= 15 is 0 Å². The number of amides is 1. The molecule has 0 saturated heterocycles. The number of rotatable bonds is 5. The van der Waals surface area contributed by atoms with Gasteiger partial charge in [0.2, 0.25) is 0 Å². The van der Waals surface area contributed by atoms with Crippen molar-refractivity contribution in [2.75, 3.05) is 14.1 Å². The maximum absolute atomic E-state index is 11.0. The summed E-state index contributed by atoms with van der Waals surface area (Å²) >= 11 is 3.48. The van der Waals surface area contributed by atoms with Crippen LogP contribution in [0.5, 0.6) is 0 Å². The van der Waals surface area contributed by atoms with Gasteiger partial charge in [-0.05, 0) is 33.6 Å². The van der Waals surface area contributed by atoms with Crippen LogP contribution in [0.2, 0.25) is 0 Å². The lowest BCUT2D eigenvalue weighted by Crippen LogP contribution is -2.38. The van der Waals surface area contributed by atoms with Crippen molar-refractivity contribution in [3.8, 4) is 0 Å². The summed E-state index contributed by atoms with van der Waals surface area (Å²) < 4.78 is 3.12. The molecule has 0 aliphatic heterocycles. The zero-order valence-corrected chi connectivity index (χ0v) is 18.3. The van der Waals surface area contributed by atoms with Gasteiger partial charge in [0.05, 0.1) is 6.54 Å². The fourth-order valence-corrected chi connectivity index (χ4v) is 2.85. The number of aryl methyl sites for hydroxylation is 1. The molecular formula is C16H22BrIN6O. The predicted octanol–water partition coefficient (Wildman–Crippen LogP) is 2.11. The van der Waals surface area contributed by atoms with Gasteiger partial charge in [-0.3, -0.25) is 14.8 Å². The number of aromatic nitrogens is 2. The summed E-state index contributed by atoms with van der Waals surface area (Å²) in [4.78, 5) is 21.4. The highest BCUT2D eigenvalue weighted by atomic mass is 127. The standard InChI is InChI=1S/C16H21BrN6O.HI/c1-19-16(23(3)10-13-6-12(17)9-22(13)2)21-8-11-4-5-14(15(18)24)20-7-11;/h4-7,9H,8,10H2,1-3H3,(H2,18,24)(H,19,21);1H. The van der Waals surface area contributed by atoms with Gasteiger partial charge in [-0.15, -0.1) is 24.0 Å². The normalized spacial score (nSPS) is 11.0. The van der Waals surface area contributed by atoms with Crippen LogP contribution in [0.3, 0.4) is 0 Å². The number of carbonyl (C=O) groups excluding carboxylic acids is 1. The lowest BCUT2D eigenvalue weighted by atomic mass is 10.2. The lowest BCUT2D eigenvalue weighted by molar-refractivity contribution is 0.0995. The van der Waals surface area contributed by atoms with Crippen LogP contribution in [-0.2, 0) is 20.1 Å². The number of carbonyl (C=O) groups is 1. The molecule has 9 heteroatoms. The summed E-state index contributed by atoms with van der Waals surface area (Å²) in [5.41, 5.74) is 7.55. The Morgan fingerprint density at radius 1 is 1.48 bits per heavy atom. The van der Waals surface area contributed by atoms with E-state index in [-0.39, 0.29) is 29.7 Å². The number of nitrogens with two attached hydrogens (primary N) is 1. The number of hydrogen-bond donors (Lipinski definition) is 2. The van der Waals surface area contributed by atoms with Gasteiger partial charge < -0.3 is 20.5 Å². The third kappa shape index (κ3) is 5.99. The van der Waals surface area contributed by atoms with Crippen molar-refractivity contribution in [2.45, 2.75) is 13.1 Å². The third-order valence-electron chi connectivity index (χ3n) is 3.57. The van der Waals surface area contributed by atoms with Gasteiger partial charge in [0, 0.05) is 50.2 Å². The molecule has 0 aromatic carbocycles. The summed E-state index contributed by atoms with van der Waals surface area (Å²) in [6.45, 7) is 1.28. The van der Waals surface area contributed by atoms with Gasteiger partial charge in [-0.2, -0.15) is 0 Å². The Balaban J connectivity index is 0.00000312. The molecular weight excluding hydrogens is 499 g/mol. The number of pyridine rings is 1. The number of nitrogens with one attached hydrogen (secondary N) is 1. The topological polar surface area (TPSA) is 88.5 Å². The first-order valence-electron chi connectivity index (χ1n) is 7.38. The van der Waals surface area contributed by atoms with Crippen LogP contribution >= 0.6 is 39.9 Å². The fraction of sp³-hybridized carbons (Fsp3) is 0.312. The van der Waals surface area contributed by atoms with Crippen molar-refractivity contribution in [1.82, 2.24) is 19.8 Å². The number of aliphatic imine (C=N–C) groups is 1. The van der Waals surface area contributed by atoms with E-state index in [0.29, 0.717) is 6.54 Å². The molecule has 0 unspecified atom stereocenters. The van der Waals surface area contributed by atoms with Gasteiger partial charge in [-0.25, -0.2) is 0 Å².